The largest absolute Gasteiger partial charge is 0.457 e. The maximum absolute atomic E-state index is 13.1. The molecular weight excluding hydrogens is 722 g/mol. The number of rotatable bonds is 15. The number of likely N-dealkylation sites (N-methyl/N-ethyl adjacent to an activating group) is 1. The number of hydrogen-bond acceptors (Lipinski definition) is 10. The van der Waals surface area contributed by atoms with Crippen LogP contribution in [0, 0.1) is 10.1 Å². The van der Waals surface area contributed by atoms with E-state index < -0.39 is 22.8 Å². The Bertz CT molecular complexity index is 2420. The highest BCUT2D eigenvalue weighted by Gasteiger charge is 2.33. The first-order valence-corrected chi connectivity index (χ1v) is 17.9. The van der Waals surface area contributed by atoms with Gasteiger partial charge in [-0.3, -0.25) is 44.2 Å². The van der Waals surface area contributed by atoms with E-state index in [1.165, 1.54) is 40.8 Å². The lowest BCUT2D eigenvalue weighted by Gasteiger charge is -2.30. The van der Waals surface area contributed by atoms with Crippen LogP contribution in [0.15, 0.2) is 83.9 Å². The van der Waals surface area contributed by atoms with Gasteiger partial charge in [-0.1, -0.05) is 12.5 Å². The van der Waals surface area contributed by atoms with Gasteiger partial charge in [0.2, 0.25) is 17.7 Å². The van der Waals surface area contributed by atoms with Crippen molar-refractivity contribution in [3.63, 3.8) is 0 Å². The summed E-state index contributed by atoms with van der Waals surface area (Å²) in [6, 6.07) is 16.7. The molecule has 0 spiro atoms. The first kappa shape index (κ1) is 38.6. The minimum Gasteiger partial charge on any atom is -0.457 e. The summed E-state index contributed by atoms with van der Waals surface area (Å²) in [6.45, 7) is 0.558. The molecule has 1 aliphatic rings. The molecule has 0 aliphatic carbocycles. The van der Waals surface area contributed by atoms with Crippen LogP contribution in [0.4, 0.5) is 17.1 Å². The molecule has 2 aromatic heterocycles. The Kier molecular flexibility index (Phi) is 11.7. The number of anilines is 2. The lowest BCUT2D eigenvalue weighted by atomic mass is 10.0. The summed E-state index contributed by atoms with van der Waals surface area (Å²) in [4.78, 5) is 89.5. The molecule has 1 fully saturated rings. The normalized spacial score (nSPS) is 13.9. The summed E-state index contributed by atoms with van der Waals surface area (Å²) in [5.41, 5.74) is 2.40. The van der Waals surface area contributed by atoms with Gasteiger partial charge in [-0.25, -0.2) is 0 Å². The van der Waals surface area contributed by atoms with Gasteiger partial charge < -0.3 is 29.8 Å². The van der Waals surface area contributed by atoms with Crippen LogP contribution in [0.3, 0.4) is 0 Å². The number of piperidine rings is 1. The predicted octanol–water partition coefficient (Wildman–Crippen LogP) is 5.53. The number of benzene rings is 3. The molecule has 3 heterocycles. The minimum absolute atomic E-state index is 0.126. The lowest BCUT2D eigenvalue weighted by Crippen LogP contribution is -2.53. The van der Waals surface area contributed by atoms with Crippen LogP contribution in [0.2, 0.25) is 0 Å². The first-order valence-electron chi connectivity index (χ1n) is 17.9. The number of non-ortho nitro benzene ring substituents is 1. The van der Waals surface area contributed by atoms with E-state index in [1.54, 1.807) is 61.9 Å². The third kappa shape index (κ3) is 8.65. The quantitative estimate of drug-likeness (QED) is 0.0344. The molecule has 0 radical (unpaired) electrons. The Hall–Kier alpha value is -7.10. The average molecular weight is 762 g/mol. The Morgan fingerprint density at radius 2 is 1.84 bits per heavy atom. The number of nitrogens with one attached hydrogen (secondary N) is 4. The number of imide groups is 1. The Labute approximate surface area is 320 Å². The number of aldehydes is 1. The topological polar surface area (TPSA) is 215 Å². The molecule has 1 saturated heterocycles. The molecule has 1 aliphatic heterocycles. The van der Waals surface area contributed by atoms with E-state index in [1.807, 2.05) is 0 Å². The molecule has 1 atom stereocenters. The smallest absolute Gasteiger partial charge is 0.274 e. The van der Waals surface area contributed by atoms with Gasteiger partial charge in [0.1, 0.15) is 23.1 Å². The molecule has 1 unspecified atom stereocenters. The SMILES string of the molecule is CN(C(=O)c1ccc(NCCCCCC(=O)Nc2cccc(Oc3ccc([N+](=O)[O-])cc3-c3cn(C)c(=O)c4[nH]ccc34)c2)cc1C=O)C1CCC(=O)NC1=O. The Balaban J connectivity index is 1.00. The number of nitro benzene ring substituents is 1. The van der Waals surface area contributed by atoms with Crippen molar-refractivity contribution in [3.05, 3.63) is 111 Å². The fourth-order valence-corrected chi connectivity index (χ4v) is 6.57. The van der Waals surface area contributed by atoms with E-state index in [0.29, 0.717) is 64.2 Å². The number of carbonyl (C=O) groups is 5. The van der Waals surface area contributed by atoms with E-state index in [4.69, 9.17) is 4.74 Å². The Morgan fingerprint density at radius 1 is 1.02 bits per heavy atom. The standard InChI is InChI=1S/C40H39N7O9/c1-45-22-32(30-16-18-42-37(30)40(45)53)31-21-27(47(54)55)11-14-34(31)56-28-8-6-7-26(20-28)43-35(49)9-4-3-5-17-41-25-10-12-29(24(19-25)23-48)39(52)46(2)33-13-15-36(50)44-38(33)51/h6-8,10-12,14,16,18-23,33,41-42H,3-5,9,13,15,17H2,1-2H3,(H,43,49)(H,44,50,51). The zero-order chi connectivity index (χ0) is 39.9. The molecule has 288 valence electrons. The molecular formula is C40H39N7O9. The third-order valence-electron chi connectivity index (χ3n) is 9.52. The number of nitrogens with zero attached hydrogens (tertiary/aromatic N) is 3. The van der Waals surface area contributed by atoms with Crippen LogP contribution in [0.25, 0.3) is 22.0 Å². The van der Waals surface area contributed by atoms with Crippen molar-refractivity contribution in [1.29, 1.82) is 0 Å². The second-order valence-electron chi connectivity index (χ2n) is 13.4. The second-order valence-corrected chi connectivity index (χ2v) is 13.4. The summed E-state index contributed by atoms with van der Waals surface area (Å²) >= 11 is 0. The van der Waals surface area contributed by atoms with Gasteiger partial charge in [-0.05, 0) is 61.7 Å². The van der Waals surface area contributed by atoms with Crippen molar-refractivity contribution in [2.24, 2.45) is 7.05 Å². The maximum atomic E-state index is 13.1. The number of carbonyl (C=O) groups excluding carboxylic acids is 5. The number of aromatic amines is 1. The molecule has 6 rings (SSSR count). The molecule has 5 aromatic rings. The molecule has 16 heteroatoms. The molecule has 4 N–H and O–H groups in total. The van der Waals surface area contributed by atoms with Crippen molar-refractivity contribution in [1.82, 2.24) is 19.8 Å². The highest BCUT2D eigenvalue weighted by Crippen LogP contribution is 2.39. The average Bonchev–Trinajstić information content (AvgIpc) is 3.68. The lowest BCUT2D eigenvalue weighted by molar-refractivity contribution is -0.384. The summed E-state index contributed by atoms with van der Waals surface area (Å²) in [7, 11) is 3.06. The van der Waals surface area contributed by atoms with Gasteiger partial charge in [0.25, 0.3) is 17.2 Å². The number of fused-ring (bicyclic) bond motifs is 1. The van der Waals surface area contributed by atoms with Crippen molar-refractivity contribution < 1.29 is 33.6 Å². The summed E-state index contributed by atoms with van der Waals surface area (Å²) in [5.74, 6) is -0.917. The van der Waals surface area contributed by atoms with E-state index >= 15 is 0 Å². The van der Waals surface area contributed by atoms with Crippen LogP contribution in [0.1, 0.15) is 59.2 Å². The highest BCUT2D eigenvalue weighted by atomic mass is 16.6. The number of aryl methyl sites for hydroxylation is 1. The van der Waals surface area contributed by atoms with Gasteiger partial charge in [0.05, 0.1) is 10.5 Å². The van der Waals surface area contributed by atoms with Crippen molar-refractivity contribution in [2.75, 3.05) is 24.2 Å². The summed E-state index contributed by atoms with van der Waals surface area (Å²) in [5, 5.41) is 20.6. The fourth-order valence-electron chi connectivity index (χ4n) is 6.57. The molecule has 4 amide bonds. The van der Waals surface area contributed by atoms with Crippen LogP contribution in [0.5, 0.6) is 11.5 Å². The van der Waals surface area contributed by atoms with Gasteiger partial charge in [-0.15, -0.1) is 0 Å². The molecule has 0 bridgehead atoms. The van der Waals surface area contributed by atoms with E-state index in [0.717, 1.165) is 12.8 Å². The predicted molar refractivity (Wildman–Crippen MR) is 208 cm³/mol. The Morgan fingerprint density at radius 3 is 2.61 bits per heavy atom. The minimum atomic E-state index is -0.806. The van der Waals surface area contributed by atoms with Crippen molar-refractivity contribution in [2.45, 2.75) is 44.6 Å². The van der Waals surface area contributed by atoms with Gasteiger partial charge >= 0.3 is 0 Å². The van der Waals surface area contributed by atoms with E-state index in [9.17, 15) is 38.9 Å². The van der Waals surface area contributed by atoms with Crippen LogP contribution in [-0.4, -0.2) is 68.9 Å². The number of nitro groups is 1. The zero-order valence-electron chi connectivity index (χ0n) is 30.6. The molecule has 0 saturated carbocycles. The number of aromatic nitrogens is 2. The van der Waals surface area contributed by atoms with Gasteiger partial charge in [-0.2, -0.15) is 0 Å². The number of hydrogen-bond donors (Lipinski definition) is 4. The molecule has 56 heavy (non-hydrogen) atoms. The maximum Gasteiger partial charge on any atom is 0.274 e. The van der Waals surface area contributed by atoms with Crippen molar-refractivity contribution >= 4 is 57.9 Å². The zero-order valence-corrected chi connectivity index (χ0v) is 30.6. The molecule has 3 aromatic carbocycles. The monoisotopic (exact) mass is 761 g/mol. The third-order valence-corrected chi connectivity index (χ3v) is 9.52. The van der Waals surface area contributed by atoms with Gasteiger partial charge in [0.15, 0.2) is 6.29 Å². The fraction of sp³-hybridized carbons (Fsp3) is 0.250. The van der Waals surface area contributed by atoms with Crippen molar-refractivity contribution in [3.8, 4) is 22.6 Å². The molecule has 16 nitrogen and oxygen atoms in total. The second kappa shape index (κ2) is 16.9. The van der Waals surface area contributed by atoms with Crippen LogP contribution < -0.4 is 26.2 Å². The van der Waals surface area contributed by atoms with Gasteiger partial charge in [0, 0.05) is 97.5 Å². The number of pyridine rings is 1. The highest BCUT2D eigenvalue weighted by molar-refractivity contribution is 6.06. The number of H-pyrrole nitrogens is 1. The summed E-state index contributed by atoms with van der Waals surface area (Å²) in [6.07, 6.45) is 6.50. The summed E-state index contributed by atoms with van der Waals surface area (Å²) < 4.78 is 7.61. The van der Waals surface area contributed by atoms with E-state index in [-0.39, 0.29) is 53.5 Å². The van der Waals surface area contributed by atoms with E-state index in [2.05, 4.69) is 20.9 Å². The van der Waals surface area contributed by atoms with Crippen LogP contribution in [-0.2, 0) is 21.4 Å². The first-order chi connectivity index (χ1) is 26.9. The van der Waals surface area contributed by atoms with Crippen LogP contribution >= 0.6 is 0 Å². The number of unbranched alkanes of at least 4 members (excludes halogenated alkanes) is 2. The number of ether oxygens (including phenoxy) is 1. The number of amides is 4.